The number of hydrogen-bond donors (Lipinski definition) is 1. The van der Waals surface area contributed by atoms with Gasteiger partial charge in [-0.25, -0.2) is 0 Å². The van der Waals surface area contributed by atoms with E-state index in [2.05, 4.69) is 24.1 Å². The fourth-order valence-electron chi connectivity index (χ4n) is 2.44. The van der Waals surface area contributed by atoms with Crippen LogP contribution >= 0.6 is 23.2 Å². The number of halogens is 2. The number of carbonyl (C=O) groups excluding carboxylic acids is 1. The van der Waals surface area contributed by atoms with Crippen LogP contribution < -0.4 is 14.8 Å². The van der Waals surface area contributed by atoms with Crippen molar-refractivity contribution in [2.24, 2.45) is 0 Å². The van der Waals surface area contributed by atoms with E-state index in [0.717, 1.165) is 19.6 Å². The molecule has 1 N–H and O–H groups in total. The summed E-state index contributed by atoms with van der Waals surface area (Å²) in [5.41, 5.74) is 0.604. The largest absolute Gasteiger partial charge is 0.490 e. The molecule has 0 aliphatic heterocycles. The number of rotatable bonds is 10. The van der Waals surface area contributed by atoms with Crippen molar-refractivity contribution in [3.05, 3.63) is 52.5 Å². The molecule has 146 valence electrons. The highest BCUT2D eigenvalue weighted by Crippen LogP contribution is 2.28. The van der Waals surface area contributed by atoms with Gasteiger partial charge in [-0.3, -0.25) is 4.79 Å². The molecule has 5 nitrogen and oxygen atoms in total. The van der Waals surface area contributed by atoms with E-state index >= 15 is 0 Å². The first-order valence-electron chi connectivity index (χ1n) is 8.85. The summed E-state index contributed by atoms with van der Waals surface area (Å²) in [4.78, 5) is 14.5. The van der Waals surface area contributed by atoms with Crippen LogP contribution in [0, 0.1) is 0 Å². The normalized spacial score (nSPS) is 10.7. The Morgan fingerprint density at radius 2 is 1.78 bits per heavy atom. The summed E-state index contributed by atoms with van der Waals surface area (Å²) in [5, 5.41) is 3.67. The van der Waals surface area contributed by atoms with Crippen molar-refractivity contribution in [1.82, 2.24) is 4.90 Å². The Labute approximate surface area is 170 Å². The van der Waals surface area contributed by atoms with Gasteiger partial charge in [-0.2, -0.15) is 0 Å². The molecule has 0 unspecified atom stereocenters. The third kappa shape index (κ3) is 6.94. The van der Waals surface area contributed by atoms with Gasteiger partial charge in [-0.15, -0.1) is 0 Å². The first kappa shape index (κ1) is 21.4. The van der Waals surface area contributed by atoms with Crippen molar-refractivity contribution in [2.45, 2.75) is 13.8 Å². The predicted molar refractivity (Wildman–Crippen MR) is 110 cm³/mol. The molecule has 2 aromatic rings. The number of amides is 1. The molecule has 2 aromatic carbocycles. The first-order valence-corrected chi connectivity index (χ1v) is 9.61. The van der Waals surface area contributed by atoms with Crippen LogP contribution in [0.15, 0.2) is 42.5 Å². The van der Waals surface area contributed by atoms with Crippen molar-refractivity contribution in [2.75, 3.05) is 38.2 Å². The van der Waals surface area contributed by atoms with Gasteiger partial charge >= 0.3 is 0 Å². The van der Waals surface area contributed by atoms with Gasteiger partial charge in [-0.1, -0.05) is 49.2 Å². The van der Waals surface area contributed by atoms with E-state index < -0.39 is 0 Å². The van der Waals surface area contributed by atoms with Gasteiger partial charge in [0.25, 0.3) is 5.91 Å². The van der Waals surface area contributed by atoms with Crippen LogP contribution in [0.3, 0.4) is 0 Å². The zero-order chi connectivity index (χ0) is 19.6. The van der Waals surface area contributed by atoms with Gasteiger partial charge < -0.3 is 19.7 Å². The average molecular weight is 411 g/mol. The van der Waals surface area contributed by atoms with Crippen molar-refractivity contribution in [3.63, 3.8) is 0 Å². The number of para-hydroxylation sites is 2. The fraction of sp³-hybridized carbons (Fsp3) is 0.350. The average Bonchev–Trinajstić information content (AvgIpc) is 2.66. The number of ether oxygens (including phenoxy) is 2. The monoisotopic (exact) mass is 410 g/mol. The number of nitrogens with zero attached hydrogens (tertiary/aromatic N) is 1. The number of likely N-dealkylation sites (N-methyl/N-ethyl adjacent to an activating group) is 1. The zero-order valence-electron chi connectivity index (χ0n) is 15.5. The highest BCUT2D eigenvalue weighted by Gasteiger charge is 2.10. The molecule has 0 bridgehead atoms. The van der Waals surface area contributed by atoms with Crippen LogP contribution in [0.1, 0.15) is 13.8 Å². The number of anilines is 1. The Kier molecular flexibility index (Phi) is 8.72. The van der Waals surface area contributed by atoms with Crippen LogP contribution in [-0.4, -0.2) is 43.7 Å². The predicted octanol–water partition coefficient (Wildman–Crippen LogP) is 4.73. The van der Waals surface area contributed by atoms with Crippen molar-refractivity contribution < 1.29 is 14.3 Å². The number of nitrogens with one attached hydrogen (secondary N) is 1. The maximum Gasteiger partial charge on any atom is 0.262 e. The molecule has 1 amide bonds. The topological polar surface area (TPSA) is 50.8 Å². The minimum Gasteiger partial charge on any atom is -0.490 e. The van der Waals surface area contributed by atoms with Gasteiger partial charge in [0.15, 0.2) is 6.61 Å². The lowest BCUT2D eigenvalue weighted by molar-refractivity contribution is -0.118. The smallest absolute Gasteiger partial charge is 0.262 e. The minimum atomic E-state index is -0.305. The standard InChI is InChI=1S/C20H24Cl2N2O3/c1-3-24(4-2)11-12-26-19-8-6-5-7-17(19)23-20(25)14-27-18-10-9-15(21)13-16(18)22/h5-10,13H,3-4,11-12,14H2,1-2H3,(H,23,25). The van der Waals surface area contributed by atoms with Gasteiger partial charge in [0.05, 0.1) is 10.7 Å². The molecule has 0 aromatic heterocycles. The Hall–Kier alpha value is -1.95. The molecular formula is C20H24Cl2N2O3. The van der Waals surface area contributed by atoms with E-state index in [1.807, 2.05) is 18.2 Å². The lowest BCUT2D eigenvalue weighted by Crippen LogP contribution is -2.28. The second-order valence-electron chi connectivity index (χ2n) is 5.78. The van der Waals surface area contributed by atoms with Gasteiger partial charge in [-0.05, 0) is 43.4 Å². The van der Waals surface area contributed by atoms with Crippen LogP contribution in [0.2, 0.25) is 10.0 Å². The molecule has 0 aliphatic rings. The van der Waals surface area contributed by atoms with Gasteiger partial charge in [0.1, 0.15) is 18.1 Å². The van der Waals surface area contributed by atoms with Crippen LogP contribution in [0.25, 0.3) is 0 Å². The minimum absolute atomic E-state index is 0.171. The van der Waals surface area contributed by atoms with E-state index in [4.69, 9.17) is 32.7 Å². The van der Waals surface area contributed by atoms with E-state index in [1.54, 1.807) is 24.3 Å². The molecule has 7 heteroatoms. The van der Waals surface area contributed by atoms with Gasteiger partial charge in [0.2, 0.25) is 0 Å². The summed E-state index contributed by atoms with van der Waals surface area (Å²) in [6.07, 6.45) is 0. The van der Waals surface area contributed by atoms with Gasteiger partial charge in [0, 0.05) is 11.6 Å². The van der Waals surface area contributed by atoms with E-state index in [0.29, 0.717) is 33.8 Å². The second-order valence-corrected chi connectivity index (χ2v) is 6.63. The molecule has 0 aliphatic carbocycles. The molecule has 0 saturated heterocycles. The van der Waals surface area contributed by atoms with Crippen molar-refractivity contribution >= 4 is 34.8 Å². The number of carbonyl (C=O) groups is 1. The van der Waals surface area contributed by atoms with E-state index in [1.165, 1.54) is 0 Å². The maximum absolute atomic E-state index is 12.2. The molecule has 0 fully saturated rings. The van der Waals surface area contributed by atoms with Crippen LogP contribution in [0.5, 0.6) is 11.5 Å². The summed E-state index contributed by atoms with van der Waals surface area (Å²) >= 11 is 11.9. The number of benzene rings is 2. The van der Waals surface area contributed by atoms with Crippen LogP contribution in [0.4, 0.5) is 5.69 Å². The quantitative estimate of drug-likeness (QED) is 0.614. The molecule has 0 heterocycles. The number of hydrogen-bond acceptors (Lipinski definition) is 4. The Balaban J connectivity index is 1.89. The van der Waals surface area contributed by atoms with E-state index in [9.17, 15) is 4.79 Å². The molecule has 2 rings (SSSR count). The molecular weight excluding hydrogens is 387 g/mol. The highest BCUT2D eigenvalue weighted by molar-refractivity contribution is 6.35. The molecule has 0 saturated carbocycles. The lowest BCUT2D eigenvalue weighted by atomic mass is 10.3. The van der Waals surface area contributed by atoms with Crippen molar-refractivity contribution in [1.29, 1.82) is 0 Å². The second kappa shape index (κ2) is 11.0. The van der Waals surface area contributed by atoms with Crippen molar-refractivity contribution in [3.8, 4) is 11.5 Å². The summed E-state index contributed by atoms with van der Waals surface area (Å²) in [7, 11) is 0. The lowest BCUT2D eigenvalue weighted by Gasteiger charge is -2.19. The fourth-order valence-corrected chi connectivity index (χ4v) is 2.91. The molecule has 0 radical (unpaired) electrons. The third-order valence-electron chi connectivity index (χ3n) is 3.97. The first-order chi connectivity index (χ1) is 13.0. The summed E-state index contributed by atoms with van der Waals surface area (Å²) in [6.45, 7) is 7.38. The Morgan fingerprint density at radius 1 is 1.04 bits per heavy atom. The Morgan fingerprint density at radius 3 is 2.48 bits per heavy atom. The molecule has 0 spiro atoms. The summed E-state index contributed by atoms with van der Waals surface area (Å²) < 4.78 is 11.3. The third-order valence-corrected chi connectivity index (χ3v) is 4.50. The Bertz CT molecular complexity index is 752. The van der Waals surface area contributed by atoms with Crippen LogP contribution in [-0.2, 0) is 4.79 Å². The SMILES string of the molecule is CCN(CC)CCOc1ccccc1NC(=O)COc1ccc(Cl)cc1Cl. The maximum atomic E-state index is 12.2. The summed E-state index contributed by atoms with van der Waals surface area (Å²) in [6, 6.07) is 12.2. The summed E-state index contributed by atoms with van der Waals surface area (Å²) in [5.74, 6) is 0.725. The molecule has 27 heavy (non-hydrogen) atoms. The van der Waals surface area contributed by atoms with E-state index in [-0.39, 0.29) is 12.5 Å². The molecule has 0 atom stereocenters. The highest BCUT2D eigenvalue weighted by atomic mass is 35.5. The zero-order valence-corrected chi connectivity index (χ0v) is 17.0.